The normalized spacial score (nSPS) is 10.8. The van der Waals surface area contributed by atoms with Gasteiger partial charge in [0.15, 0.2) is 0 Å². The lowest BCUT2D eigenvalue weighted by Gasteiger charge is -2.03. The van der Waals surface area contributed by atoms with Gasteiger partial charge in [-0.1, -0.05) is 6.07 Å². The van der Waals surface area contributed by atoms with Crippen LogP contribution in [0.4, 0.5) is 0 Å². The van der Waals surface area contributed by atoms with E-state index in [0.29, 0.717) is 5.56 Å². The molecule has 18 heavy (non-hydrogen) atoms. The maximum atomic E-state index is 11.8. The Bertz CT molecular complexity index is 573. The largest absolute Gasteiger partial charge is 0.271 e. The first-order valence-electron chi connectivity index (χ1n) is 5.59. The molecule has 0 aliphatic carbocycles. The average molecular weight is 258 g/mol. The van der Waals surface area contributed by atoms with E-state index < -0.39 is 0 Å². The van der Waals surface area contributed by atoms with E-state index in [1.165, 1.54) is 5.56 Å². The van der Waals surface area contributed by atoms with Gasteiger partial charge in [-0.25, -0.2) is 5.43 Å². The molecule has 2 aromatic rings. The minimum Gasteiger partial charge on any atom is -0.267 e. The van der Waals surface area contributed by atoms with E-state index in [1.54, 1.807) is 23.6 Å². The fourth-order valence-electron chi connectivity index (χ4n) is 1.46. The Hall–Kier alpha value is -1.94. The number of hydrazone groups is 1. The van der Waals surface area contributed by atoms with Gasteiger partial charge < -0.3 is 0 Å². The molecule has 1 aromatic heterocycles. The van der Waals surface area contributed by atoms with Gasteiger partial charge in [0.05, 0.1) is 6.21 Å². The van der Waals surface area contributed by atoms with Crippen molar-refractivity contribution in [2.24, 2.45) is 5.10 Å². The molecule has 92 valence electrons. The minimum atomic E-state index is -0.190. The molecule has 0 spiro atoms. The first-order chi connectivity index (χ1) is 8.66. The highest BCUT2D eigenvalue weighted by Gasteiger charge is 2.04. The molecule has 1 N–H and O–H groups in total. The molecule has 2 rings (SSSR count). The van der Waals surface area contributed by atoms with Crippen molar-refractivity contribution in [3.63, 3.8) is 0 Å². The van der Waals surface area contributed by atoms with Crippen LogP contribution in [0.15, 0.2) is 40.1 Å². The monoisotopic (exact) mass is 258 g/mol. The average Bonchev–Trinajstić information content (AvgIpc) is 2.85. The van der Waals surface area contributed by atoms with Crippen molar-refractivity contribution in [1.82, 2.24) is 5.43 Å². The van der Waals surface area contributed by atoms with E-state index >= 15 is 0 Å². The van der Waals surface area contributed by atoms with Crippen LogP contribution in [-0.4, -0.2) is 12.1 Å². The smallest absolute Gasteiger partial charge is 0.267 e. The summed E-state index contributed by atoms with van der Waals surface area (Å²) in [5.74, 6) is -0.190. The Balaban J connectivity index is 2.01. The molecule has 1 aromatic carbocycles. The second-order valence-corrected chi connectivity index (χ2v) is 4.83. The number of thiophene rings is 1. The lowest BCUT2D eigenvalue weighted by Crippen LogP contribution is -2.17. The zero-order chi connectivity index (χ0) is 13.0. The fourth-order valence-corrected chi connectivity index (χ4v) is 2.07. The van der Waals surface area contributed by atoms with E-state index in [4.69, 9.17) is 0 Å². The number of carbonyl (C=O) groups is 1. The molecule has 3 nitrogen and oxygen atoms in total. The van der Waals surface area contributed by atoms with Gasteiger partial charge in [-0.2, -0.15) is 16.4 Å². The van der Waals surface area contributed by atoms with Crippen LogP contribution in [0.3, 0.4) is 0 Å². The van der Waals surface area contributed by atoms with Crippen molar-refractivity contribution in [2.75, 3.05) is 0 Å². The Labute approximate surface area is 110 Å². The van der Waals surface area contributed by atoms with Gasteiger partial charge in [0.25, 0.3) is 5.91 Å². The number of amides is 1. The van der Waals surface area contributed by atoms with Gasteiger partial charge in [-0.05, 0) is 53.9 Å². The van der Waals surface area contributed by atoms with Gasteiger partial charge in [0.1, 0.15) is 0 Å². The van der Waals surface area contributed by atoms with Crippen molar-refractivity contribution < 1.29 is 4.79 Å². The molecule has 0 aliphatic heterocycles. The summed E-state index contributed by atoms with van der Waals surface area (Å²) in [5, 5.41) is 7.85. The molecule has 0 aliphatic rings. The van der Waals surface area contributed by atoms with Gasteiger partial charge >= 0.3 is 0 Å². The number of benzene rings is 1. The Morgan fingerprint density at radius 2 is 2.11 bits per heavy atom. The van der Waals surface area contributed by atoms with Gasteiger partial charge in [0.2, 0.25) is 0 Å². The van der Waals surface area contributed by atoms with Crippen molar-refractivity contribution in [1.29, 1.82) is 0 Å². The molecule has 4 heteroatoms. The van der Waals surface area contributed by atoms with Crippen LogP contribution in [0.25, 0.3) is 0 Å². The van der Waals surface area contributed by atoms with E-state index in [1.807, 2.05) is 42.8 Å². The zero-order valence-corrected chi connectivity index (χ0v) is 11.1. The third-order valence-corrected chi connectivity index (χ3v) is 3.39. The Kier molecular flexibility index (Phi) is 3.89. The Morgan fingerprint density at radius 3 is 2.78 bits per heavy atom. The minimum absolute atomic E-state index is 0.190. The van der Waals surface area contributed by atoms with Crippen LogP contribution in [0.5, 0.6) is 0 Å². The first kappa shape index (κ1) is 12.5. The number of rotatable bonds is 3. The van der Waals surface area contributed by atoms with Crippen molar-refractivity contribution in [2.45, 2.75) is 13.8 Å². The highest BCUT2D eigenvalue weighted by atomic mass is 32.1. The van der Waals surface area contributed by atoms with Crippen LogP contribution in [0.2, 0.25) is 0 Å². The summed E-state index contributed by atoms with van der Waals surface area (Å²) in [6.07, 6.45) is 1.63. The summed E-state index contributed by atoms with van der Waals surface area (Å²) < 4.78 is 0. The molecule has 1 heterocycles. The first-order valence-corrected chi connectivity index (χ1v) is 6.54. The van der Waals surface area contributed by atoms with Gasteiger partial charge in [-0.3, -0.25) is 4.79 Å². The van der Waals surface area contributed by atoms with Crippen LogP contribution in [-0.2, 0) is 0 Å². The summed E-state index contributed by atoms with van der Waals surface area (Å²) in [6.45, 7) is 4.01. The molecular formula is C14H14N2OS. The predicted octanol–water partition coefficient (Wildman–Crippen LogP) is 3.13. The molecule has 1 amide bonds. The summed E-state index contributed by atoms with van der Waals surface area (Å²) in [5.41, 5.74) is 6.41. The molecule has 0 unspecified atom stereocenters. The predicted molar refractivity (Wildman–Crippen MR) is 75.3 cm³/mol. The van der Waals surface area contributed by atoms with Crippen LogP contribution < -0.4 is 5.43 Å². The van der Waals surface area contributed by atoms with Crippen molar-refractivity contribution >= 4 is 23.5 Å². The summed E-state index contributed by atoms with van der Waals surface area (Å²) >= 11 is 1.59. The maximum absolute atomic E-state index is 11.8. The standard InChI is InChI=1S/C14H14N2OS/c1-10-3-4-13(7-11(10)2)14(17)16-15-8-12-5-6-18-9-12/h3-9H,1-2H3,(H,16,17)/b15-8+. The van der Waals surface area contributed by atoms with E-state index in [0.717, 1.165) is 11.1 Å². The third kappa shape index (κ3) is 3.05. The number of hydrogen-bond acceptors (Lipinski definition) is 3. The highest BCUT2D eigenvalue weighted by molar-refractivity contribution is 7.08. The number of aryl methyl sites for hydroxylation is 2. The van der Waals surface area contributed by atoms with Gasteiger partial charge in [-0.15, -0.1) is 0 Å². The lowest BCUT2D eigenvalue weighted by atomic mass is 10.1. The summed E-state index contributed by atoms with van der Waals surface area (Å²) in [7, 11) is 0. The fraction of sp³-hybridized carbons (Fsp3) is 0.143. The van der Waals surface area contributed by atoms with Crippen LogP contribution in [0.1, 0.15) is 27.0 Å². The Morgan fingerprint density at radius 1 is 1.28 bits per heavy atom. The lowest BCUT2D eigenvalue weighted by molar-refractivity contribution is 0.0955. The maximum Gasteiger partial charge on any atom is 0.271 e. The number of nitrogens with zero attached hydrogens (tertiary/aromatic N) is 1. The molecule has 0 saturated carbocycles. The second-order valence-electron chi connectivity index (χ2n) is 4.05. The topological polar surface area (TPSA) is 41.5 Å². The number of hydrogen-bond donors (Lipinski definition) is 1. The number of carbonyl (C=O) groups excluding carboxylic acids is 1. The molecule has 0 bridgehead atoms. The second kappa shape index (κ2) is 5.60. The van der Waals surface area contributed by atoms with E-state index in [9.17, 15) is 4.79 Å². The molecule has 0 radical (unpaired) electrons. The van der Waals surface area contributed by atoms with Crippen LogP contribution >= 0.6 is 11.3 Å². The molecule has 0 atom stereocenters. The van der Waals surface area contributed by atoms with Crippen molar-refractivity contribution in [3.8, 4) is 0 Å². The molecule has 0 fully saturated rings. The van der Waals surface area contributed by atoms with Crippen LogP contribution in [0, 0.1) is 13.8 Å². The summed E-state index contributed by atoms with van der Waals surface area (Å²) in [4.78, 5) is 11.8. The quantitative estimate of drug-likeness (QED) is 0.667. The SMILES string of the molecule is Cc1ccc(C(=O)N/N=C/c2ccsc2)cc1C. The summed E-state index contributed by atoms with van der Waals surface area (Å²) in [6, 6.07) is 7.55. The van der Waals surface area contributed by atoms with Crippen molar-refractivity contribution in [3.05, 3.63) is 57.3 Å². The highest BCUT2D eigenvalue weighted by Crippen LogP contribution is 2.09. The molecule has 0 saturated heterocycles. The van der Waals surface area contributed by atoms with E-state index in [2.05, 4.69) is 10.5 Å². The molecular weight excluding hydrogens is 244 g/mol. The zero-order valence-electron chi connectivity index (χ0n) is 10.3. The van der Waals surface area contributed by atoms with E-state index in [-0.39, 0.29) is 5.91 Å². The van der Waals surface area contributed by atoms with Gasteiger partial charge in [0, 0.05) is 11.1 Å². The third-order valence-electron chi connectivity index (χ3n) is 2.69. The number of nitrogens with one attached hydrogen (secondary N) is 1.